The number of benzene rings is 1. The van der Waals surface area contributed by atoms with Gasteiger partial charge in [-0.15, -0.1) is 10.2 Å². The van der Waals surface area contributed by atoms with Gasteiger partial charge in [-0.25, -0.2) is 4.98 Å². The van der Waals surface area contributed by atoms with Crippen molar-refractivity contribution in [1.82, 2.24) is 19.7 Å². The van der Waals surface area contributed by atoms with Crippen LogP contribution in [0, 0.1) is 0 Å². The summed E-state index contributed by atoms with van der Waals surface area (Å²) in [6.07, 6.45) is 2.79. The van der Waals surface area contributed by atoms with E-state index in [-0.39, 0.29) is 0 Å². The molecule has 98 valence electrons. The summed E-state index contributed by atoms with van der Waals surface area (Å²) in [7, 11) is 0. The SMILES string of the molecule is CCc1nc2ccccc2n1Cc1nnc(SC)o1. The molecule has 0 radical (unpaired) electrons. The van der Waals surface area contributed by atoms with Crippen molar-refractivity contribution < 1.29 is 4.42 Å². The third kappa shape index (κ3) is 2.23. The zero-order chi connectivity index (χ0) is 13.2. The van der Waals surface area contributed by atoms with E-state index in [1.165, 1.54) is 11.8 Å². The number of nitrogens with zero attached hydrogens (tertiary/aromatic N) is 4. The second kappa shape index (κ2) is 5.05. The van der Waals surface area contributed by atoms with Gasteiger partial charge in [0.25, 0.3) is 5.22 Å². The second-order valence-corrected chi connectivity index (χ2v) is 4.88. The van der Waals surface area contributed by atoms with Crippen LogP contribution in [0.1, 0.15) is 18.6 Å². The lowest BCUT2D eigenvalue weighted by molar-refractivity contribution is 0.404. The van der Waals surface area contributed by atoms with Crippen molar-refractivity contribution in [2.45, 2.75) is 25.1 Å². The Labute approximate surface area is 115 Å². The number of thioether (sulfide) groups is 1. The molecule has 0 amide bonds. The maximum atomic E-state index is 5.55. The zero-order valence-electron chi connectivity index (χ0n) is 10.8. The van der Waals surface area contributed by atoms with Crippen LogP contribution in [0.4, 0.5) is 0 Å². The van der Waals surface area contributed by atoms with Crippen LogP contribution in [-0.4, -0.2) is 26.0 Å². The van der Waals surface area contributed by atoms with Crippen LogP contribution in [0.25, 0.3) is 11.0 Å². The van der Waals surface area contributed by atoms with Gasteiger partial charge >= 0.3 is 0 Å². The Morgan fingerprint density at radius 3 is 2.84 bits per heavy atom. The van der Waals surface area contributed by atoms with E-state index in [1.807, 2.05) is 24.5 Å². The minimum atomic E-state index is 0.567. The molecule has 0 N–H and O–H groups in total. The number of fused-ring (bicyclic) bond motifs is 1. The highest BCUT2D eigenvalue weighted by molar-refractivity contribution is 7.98. The maximum absolute atomic E-state index is 5.55. The van der Waals surface area contributed by atoms with Gasteiger partial charge in [-0.1, -0.05) is 30.8 Å². The topological polar surface area (TPSA) is 56.7 Å². The summed E-state index contributed by atoms with van der Waals surface area (Å²) in [5, 5.41) is 8.62. The fourth-order valence-electron chi connectivity index (χ4n) is 2.09. The van der Waals surface area contributed by atoms with Gasteiger partial charge in [0.05, 0.1) is 11.0 Å². The molecule has 0 bridgehead atoms. The average molecular weight is 274 g/mol. The number of aryl methyl sites for hydroxylation is 1. The predicted molar refractivity (Wildman–Crippen MR) is 74.3 cm³/mol. The molecule has 2 heterocycles. The van der Waals surface area contributed by atoms with E-state index in [0.29, 0.717) is 17.7 Å². The molecule has 19 heavy (non-hydrogen) atoms. The van der Waals surface area contributed by atoms with Crippen LogP contribution in [0.2, 0.25) is 0 Å². The van der Waals surface area contributed by atoms with Crippen molar-refractivity contribution in [2.75, 3.05) is 6.26 Å². The zero-order valence-corrected chi connectivity index (χ0v) is 11.6. The standard InChI is InChI=1S/C13H14N4OS/c1-3-11-14-9-6-4-5-7-10(9)17(11)8-12-15-16-13(18-12)19-2/h4-7H,3,8H2,1-2H3. The number of rotatable bonds is 4. The molecule has 0 aliphatic heterocycles. The van der Waals surface area contributed by atoms with Crippen LogP contribution < -0.4 is 0 Å². The molecule has 0 unspecified atom stereocenters. The smallest absolute Gasteiger partial charge is 0.276 e. The van der Waals surface area contributed by atoms with Crippen LogP contribution in [-0.2, 0) is 13.0 Å². The molecule has 0 fully saturated rings. The van der Waals surface area contributed by atoms with Gasteiger partial charge in [0.15, 0.2) is 0 Å². The molecular weight excluding hydrogens is 260 g/mol. The molecule has 2 aromatic heterocycles. The quantitative estimate of drug-likeness (QED) is 0.685. The van der Waals surface area contributed by atoms with E-state index < -0.39 is 0 Å². The third-order valence-electron chi connectivity index (χ3n) is 2.97. The van der Waals surface area contributed by atoms with Gasteiger partial charge < -0.3 is 8.98 Å². The summed E-state index contributed by atoms with van der Waals surface area (Å²) in [6.45, 7) is 2.66. The van der Waals surface area contributed by atoms with E-state index in [0.717, 1.165) is 23.3 Å². The van der Waals surface area contributed by atoms with Crippen LogP contribution in [0.5, 0.6) is 0 Å². The Morgan fingerprint density at radius 2 is 2.11 bits per heavy atom. The minimum Gasteiger partial charge on any atom is -0.414 e. The lowest BCUT2D eigenvalue weighted by Crippen LogP contribution is -2.04. The molecule has 0 spiro atoms. The fraction of sp³-hybridized carbons (Fsp3) is 0.308. The lowest BCUT2D eigenvalue weighted by atomic mass is 10.3. The van der Waals surface area contributed by atoms with Crippen molar-refractivity contribution in [3.05, 3.63) is 36.0 Å². The highest BCUT2D eigenvalue weighted by Gasteiger charge is 2.12. The van der Waals surface area contributed by atoms with Crippen molar-refractivity contribution in [1.29, 1.82) is 0 Å². The molecule has 3 aromatic rings. The van der Waals surface area contributed by atoms with Gasteiger partial charge in [0, 0.05) is 6.42 Å². The summed E-state index contributed by atoms with van der Waals surface area (Å²) >= 11 is 1.45. The third-order valence-corrected chi connectivity index (χ3v) is 3.48. The first-order chi connectivity index (χ1) is 9.31. The van der Waals surface area contributed by atoms with E-state index in [1.54, 1.807) is 0 Å². The molecule has 0 saturated heterocycles. The van der Waals surface area contributed by atoms with Crippen LogP contribution >= 0.6 is 11.8 Å². The Hall–Kier alpha value is -1.82. The summed E-state index contributed by atoms with van der Waals surface area (Å²) in [6, 6.07) is 8.10. The number of aromatic nitrogens is 4. The highest BCUT2D eigenvalue weighted by atomic mass is 32.2. The molecule has 0 saturated carbocycles. The summed E-state index contributed by atoms with van der Waals surface area (Å²) < 4.78 is 7.68. The largest absolute Gasteiger partial charge is 0.414 e. The Balaban J connectivity index is 2.03. The molecule has 0 aliphatic rings. The number of para-hydroxylation sites is 2. The minimum absolute atomic E-state index is 0.567. The number of hydrogen-bond acceptors (Lipinski definition) is 5. The van der Waals surface area contributed by atoms with Crippen molar-refractivity contribution in [3.63, 3.8) is 0 Å². The Morgan fingerprint density at radius 1 is 1.26 bits per heavy atom. The normalized spacial score (nSPS) is 11.3. The Kier molecular flexibility index (Phi) is 3.25. The first-order valence-corrected chi connectivity index (χ1v) is 7.34. The van der Waals surface area contributed by atoms with E-state index in [2.05, 4.69) is 32.7 Å². The van der Waals surface area contributed by atoms with Crippen LogP contribution in [0.3, 0.4) is 0 Å². The first-order valence-electron chi connectivity index (χ1n) is 6.12. The highest BCUT2D eigenvalue weighted by Crippen LogP contribution is 2.19. The molecular formula is C13H14N4OS. The Bertz CT molecular complexity index is 704. The fourth-order valence-corrected chi connectivity index (χ4v) is 2.39. The van der Waals surface area contributed by atoms with E-state index in [9.17, 15) is 0 Å². The summed E-state index contributed by atoms with van der Waals surface area (Å²) in [4.78, 5) is 4.62. The summed E-state index contributed by atoms with van der Waals surface area (Å²) in [5.41, 5.74) is 2.10. The van der Waals surface area contributed by atoms with Gasteiger partial charge in [-0.05, 0) is 18.4 Å². The molecule has 0 aliphatic carbocycles. The molecule has 0 atom stereocenters. The molecule has 5 nitrogen and oxygen atoms in total. The molecule has 3 rings (SSSR count). The predicted octanol–water partition coefficient (Wildman–Crippen LogP) is 2.75. The second-order valence-electron chi connectivity index (χ2n) is 4.12. The lowest BCUT2D eigenvalue weighted by Gasteiger charge is -2.04. The van der Waals surface area contributed by atoms with Gasteiger partial charge in [0.2, 0.25) is 5.89 Å². The number of imidazole rings is 1. The summed E-state index contributed by atoms with van der Waals surface area (Å²) in [5.74, 6) is 1.65. The maximum Gasteiger partial charge on any atom is 0.276 e. The average Bonchev–Trinajstić information content (AvgIpc) is 3.04. The van der Waals surface area contributed by atoms with Crippen molar-refractivity contribution >= 4 is 22.8 Å². The van der Waals surface area contributed by atoms with Crippen LogP contribution in [0.15, 0.2) is 33.9 Å². The van der Waals surface area contributed by atoms with E-state index >= 15 is 0 Å². The van der Waals surface area contributed by atoms with Gasteiger partial charge in [0.1, 0.15) is 12.4 Å². The first kappa shape index (κ1) is 12.2. The van der Waals surface area contributed by atoms with E-state index in [4.69, 9.17) is 4.42 Å². The molecule has 6 heteroatoms. The van der Waals surface area contributed by atoms with Crippen molar-refractivity contribution in [3.8, 4) is 0 Å². The van der Waals surface area contributed by atoms with Gasteiger partial charge in [-0.2, -0.15) is 0 Å². The molecule has 1 aromatic carbocycles. The number of hydrogen-bond donors (Lipinski definition) is 0. The van der Waals surface area contributed by atoms with Gasteiger partial charge in [-0.3, -0.25) is 0 Å². The van der Waals surface area contributed by atoms with Crippen molar-refractivity contribution in [2.24, 2.45) is 0 Å². The monoisotopic (exact) mass is 274 g/mol.